The second-order valence-electron chi connectivity index (χ2n) is 7.80. The minimum Gasteiger partial charge on any atom is -0.450 e. The topological polar surface area (TPSA) is 97.8 Å². The Bertz CT molecular complexity index is 948. The number of aryl methyl sites for hydroxylation is 1. The summed E-state index contributed by atoms with van der Waals surface area (Å²) in [6.45, 7) is 9.22. The first-order valence-corrected chi connectivity index (χ1v) is 11.3. The molecule has 0 radical (unpaired) electrons. The van der Waals surface area contributed by atoms with Crippen LogP contribution in [-0.4, -0.2) is 41.2 Å². The Labute approximate surface area is 194 Å². The molecule has 8 nitrogen and oxygen atoms in total. The summed E-state index contributed by atoms with van der Waals surface area (Å²) in [7, 11) is 0. The van der Waals surface area contributed by atoms with Gasteiger partial charge in [0.1, 0.15) is 10.9 Å². The number of halogens is 1. The van der Waals surface area contributed by atoms with Crippen LogP contribution in [-0.2, 0) is 17.8 Å². The Kier molecular flexibility index (Phi) is 8.56. The summed E-state index contributed by atoms with van der Waals surface area (Å²) in [6, 6.07) is 8.33. The quantitative estimate of drug-likeness (QED) is 0.243. The molecule has 0 bridgehead atoms. The highest BCUT2D eigenvalue weighted by atomic mass is 35.5. The van der Waals surface area contributed by atoms with E-state index >= 15 is 0 Å². The number of alkyl carbamates (subject to hydrolysis) is 1. The lowest BCUT2D eigenvalue weighted by Gasteiger charge is -2.17. The van der Waals surface area contributed by atoms with Crippen molar-refractivity contribution >= 4 is 29.2 Å². The number of amides is 1. The van der Waals surface area contributed by atoms with Crippen molar-refractivity contribution in [2.75, 3.05) is 24.6 Å². The maximum absolute atomic E-state index is 11.9. The van der Waals surface area contributed by atoms with Crippen LogP contribution in [0.2, 0.25) is 0 Å². The molecule has 3 rings (SSSR count). The van der Waals surface area contributed by atoms with Crippen LogP contribution < -0.4 is 16.0 Å². The zero-order valence-electron chi connectivity index (χ0n) is 18.5. The minimum atomic E-state index is -0.403. The molecule has 1 aromatic carbocycles. The van der Waals surface area contributed by atoms with Crippen molar-refractivity contribution in [3.8, 4) is 0 Å². The highest BCUT2D eigenvalue weighted by Crippen LogP contribution is 2.20. The molecule has 0 spiro atoms. The van der Waals surface area contributed by atoms with E-state index in [1.165, 1.54) is 18.5 Å². The summed E-state index contributed by atoms with van der Waals surface area (Å²) < 4.78 is 7.26. The lowest BCUT2D eigenvalue weighted by molar-refractivity contribution is 0.143. The Morgan fingerprint density at radius 3 is 2.69 bits per heavy atom. The normalized spacial score (nSPS) is 13.9. The number of hydrogen-bond acceptors (Lipinski definition) is 5. The molecular weight excluding hydrogens is 428 g/mol. The molecule has 1 amide bonds. The van der Waals surface area contributed by atoms with Gasteiger partial charge < -0.3 is 25.3 Å². The number of anilines is 1. The first kappa shape index (κ1) is 23.7. The average Bonchev–Trinajstić information content (AvgIpc) is 3.42. The molecule has 172 valence electrons. The highest BCUT2D eigenvalue weighted by Gasteiger charge is 2.12. The van der Waals surface area contributed by atoms with Crippen molar-refractivity contribution in [1.82, 2.24) is 14.9 Å². The monoisotopic (exact) mass is 458 g/mol. The van der Waals surface area contributed by atoms with Crippen molar-refractivity contribution in [2.45, 2.75) is 45.7 Å². The molecule has 1 aromatic heterocycles. The number of carbonyl (C=O) groups is 1. The van der Waals surface area contributed by atoms with Gasteiger partial charge in [0, 0.05) is 37.6 Å². The second kappa shape index (κ2) is 11.6. The van der Waals surface area contributed by atoms with Gasteiger partial charge in [-0.2, -0.15) is 0 Å². The Morgan fingerprint density at radius 1 is 1.28 bits per heavy atom. The Balaban J connectivity index is 1.32. The number of rotatable bonds is 10. The maximum Gasteiger partial charge on any atom is 0.407 e. The Morgan fingerprint density at radius 2 is 2.00 bits per heavy atom. The van der Waals surface area contributed by atoms with Gasteiger partial charge in [0.05, 0.1) is 12.9 Å². The van der Waals surface area contributed by atoms with Crippen LogP contribution in [0, 0.1) is 6.92 Å². The van der Waals surface area contributed by atoms with Crippen molar-refractivity contribution in [1.29, 1.82) is 0 Å². The number of aliphatic imine (C=N–C) groups is 1. The van der Waals surface area contributed by atoms with Crippen molar-refractivity contribution in [3.63, 3.8) is 0 Å². The molecule has 0 atom stereocenters. The number of nitrogens with zero attached hydrogens (tertiary/aromatic N) is 4. The van der Waals surface area contributed by atoms with Gasteiger partial charge in [-0.15, -0.1) is 0 Å². The summed E-state index contributed by atoms with van der Waals surface area (Å²) in [4.78, 5) is 22.6. The molecule has 3 N–H and O–H groups in total. The minimum absolute atomic E-state index is 0.117. The van der Waals surface area contributed by atoms with E-state index < -0.39 is 6.09 Å². The lowest BCUT2D eigenvalue weighted by atomic mass is 10.2. The largest absolute Gasteiger partial charge is 0.450 e. The number of imidazole rings is 1. The molecular formula is C23H31ClN6O2. The second-order valence-corrected chi connectivity index (χ2v) is 8.24. The van der Waals surface area contributed by atoms with Gasteiger partial charge in [-0.05, 0) is 50.3 Å². The molecule has 2 heterocycles. The van der Waals surface area contributed by atoms with Crippen LogP contribution in [0.4, 0.5) is 10.5 Å². The van der Waals surface area contributed by atoms with E-state index in [0.29, 0.717) is 18.8 Å². The zero-order chi connectivity index (χ0) is 22.9. The first-order chi connectivity index (χ1) is 15.4. The zero-order valence-corrected chi connectivity index (χ0v) is 19.3. The van der Waals surface area contributed by atoms with Crippen LogP contribution in [0.5, 0.6) is 0 Å². The molecule has 0 aliphatic carbocycles. The number of carbonyl (C=O) groups excluding carboxylic acids is 1. The van der Waals surface area contributed by atoms with Crippen molar-refractivity contribution in [3.05, 3.63) is 59.3 Å². The van der Waals surface area contributed by atoms with Gasteiger partial charge in [0.15, 0.2) is 5.84 Å². The van der Waals surface area contributed by atoms with E-state index in [9.17, 15) is 4.79 Å². The number of nitrogens with two attached hydrogens (primary N) is 1. The lowest BCUT2D eigenvalue weighted by Crippen LogP contribution is -2.24. The third kappa shape index (κ3) is 6.75. The third-order valence-electron chi connectivity index (χ3n) is 5.46. The number of ether oxygens (including phenoxy) is 1. The SMILES string of the molecule is C=C(Cl)N=C(N)c1ncn(CCCCOC(=O)NCc2ccc(N3CCCC3)cc2)c1C. The molecule has 1 aliphatic heterocycles. The third-order valence-corrected chi connectivity index (χ3v) is 5.54. The summed E-state index contributed by atoms with van der Waals surface area (Å²) >= 11 is 5.67. The summed E-state index contributed by atoms with van der Waals surface area (Å²) in [5.74, 6) is 0.243. The molecule has 0 unspecified atom stereocenters. The smallest absolute Gasteiger partial charge is 0.407 e. The van der Waals surface area contributed by atoms with Crippen LogP contribution in [0.1, 0.15) is 42.6 Å². The molecule has 9 heteroatoms. The van der Waals surface area contributed by atoms with E-state index in [1.807, 2.05) is 11.5 Å². The average molecular weight is 459 g/mol. The van der Waals surface area contributed by atoms with E-state index in [-0.39, 0.29) is 11.0 Å². The molecule has 1 fully saturated rings. The van der Waals surface area contributed by atoms with Gasteiger partial charge in [-0.3, -0.25) is 0 Å². The molecule has 2 aromatic rings. The number of aromatic nitrogens is 2. The predicted octanol–water partition coefficient (Wildman–Crippen LogP) is 3.91. The van der Waals surface area contributed by atoms with Gasteiger partial charge in [0.25, 0.3) is 0 Å². The number of benzene rings is 1. The fraction of sp³-hybridized carbons (Fsp3) is 0.435. The number of unbranched alkanes of at least 4 members (excludes halogenated alkanes) is 1. The fourth-order valence-electron chi connectivity index (χ4n) is 3.68. The molecule has 1 saturated heterocycles. The standard InChI is InChI=1S/C23H31ClN6O2/c1-17-21(22(25)28-18(2)24)27-16-30(17)13-5-6-14-32-23(31)26-15-19-7-9-20(10-8-19)29-11-3-4-12-29/h7-10,16H,2-6,11-15H2,1H3,(H2,25,28)(H,26,31). The molecule has 0 saturated carbocycles. The fourth-order valence-corrected chi connectivity index (χ4v) is 3.77. The summed E-state index contributed by atoms with van der Waals surface area (Å²) in [6.07, 6.45) is 5.40. The van der Waals surface area contributed by atoms with Crippen LogP contribution >= 0.6 is 11.6 Å². The summed E-state index contributed by atoms with van der Waals surface area (Å²) in [5, 5.41) is 2.92. The van der Waals surface area contributed by atoms with Crippen molar-refractivity contribution < 1.29 is 9.53 Å². The van der Waals surface area contributed by atoms with Gasteiger partial charge in [-0.25, -0.2) is 14.8 Å². The first-order valence-electron chi connectivity index (χ1n) is 10.9. The van der Waals surface area contributed by atoms with Gasteiger partial charge in [-0.1, -0.05) is 30.3 Å². The summed E-state index contributed by atoms with van der Waals surface area (Å²) in [5.41, 5.74) is 9.68. The van der Waals surface area contributed by atoms with E-state index in [0.717, 1.165) is 43.7 Å². The van der Waals surface area contributed by atoms with E-state index in [1.54, 1.807) is 6.33 Å². The highest BCUT2D eigenvalue weighted by molar-refractivity contribution is 6.29. The molecule has 32 heavy (non-hydrogen) atoms. The van der Waals surface area contributed by atoms with E-state index in [2.05, 4.69) is 51.0 Å². The van der Waals surface area contributed by atoms with Crippen LogP contribution in [0.25, 0.3) is 0 Å². The maximum atomic E-state index is 11.9. The van der Waals surface area contributed by atoms with Crippen LogP contribution in [0.15, 0.2) is 47.3 Å². The Hall–Kier alpha value is -3.00. The number of nitrogens with one attached hydrogen (secondary N) is 1. The number of amidine groups is 1. The predicted molar refractivity (Wildman–Crippen MR) is 128 cm³/mol. The van der Waals surface area contributed by atoms with Gasteiger partial charge >= 0.3 is 6.09 Å². The number of hydrogen-bond donors (Lipinski definition) is 2. The molecule has 1 aliphatic rings. The van der Waals surface area contributed by atoms with Crippen LogP contribution in [0.3, 0.4) is 0 Å². The van der Waals surface area contributed by atoms with Crippen molar-refractivity contribution in [2.24, 2.45) is 10.7 Å². The van der Waals surface area contributed by atoms with E-state index in [4.69, 9.17) is 22.1 Å². The van der Waals surface area contributed by atoms with Gasteiger partial charge in [0.2, 0.25) is 0 Å².